The molecule has 1 aliphatic heterocycles. The fourth-order valence-electron chi connectivity index (χ4n) is 1.75. The Morgan fingerprint density at radius 3 is 2.67 bits per heavy atom. The van der Waals surface area contributed by atoms with Crippen molar-refractivity contribution in [1.29, 1.82) is 0 Å². The van der Waals surface area contributed by atoms with E-state index in [0.717, 1.165) is 0 Å². The highest BCUT2D eigenvalue weighted by molar-refractivity contribution is 5.72. The summed E-state index contributed by atoms with van der Waals surface area (Å²) < 4.78 is 9.58. The van der Waals surface area contributed by atoms with Crippen molar-refractivity contribution in [2.45, 2.75) is 5.54 Å². The van der Waals surface area contributed by atoms with Crippen molar-refractivity contribution in [1.82, 2.24) is 5.32 Å². The smallest absolute Gasteiger partial charge is 0.408 e. The summed E-state index contributed by atoms with van der Waals surface area (Å²) in [6, 6.07) is 6.14. The van der Waals surface area contributed by atoms with E-state index in [1.165, 1.54) is 12.1 Å². The molecule has 1 atom stereocenters. The van der Waals surface area contributed by atoms with Gasteiger partial charge in [-0.2, -0.15) is 0 Å². The number of phenolic OH excluding ortho intramolecular Hbond substituents is 1. The topological polar surface area (TPSA) is 111 Å². The maximum absolute atomic E-state index is 11.2. The van der Waals surface area contributed by atoms with Gasteiger partial charge in [-0.3, -0.25) is 0 Å². The third-order valence-electron chi connectivity index (χ3n) is 2.67. The maximum Gasteiger partial charge on any atom is 0.408 e. The average molecular weight is 252 g/mol. The third-order valence-corrected chi connectivity index (χ3v) is 2.67. The summed E-state index contributed by atoms with van der Waals surface area (Å²) in [6.07, 6.45) is -1.54. The molecule has 1 aromatic rings. The summed E-state index contributed by atoms with van der Waals surface area (Å²) in [4.78, 5) is 21.9. The van der Waals surface area contributed by atoms with Crippen molar-refractivity contribution in [2.75, 3.05) is 13.2 Å². The van der Waals surface area contributed by atoms with Crippen LogP contribution in [0.15, 0.2) is 24.3 Å². The Labute approximate surface area is 102 Å². The normalized spacial score (nSPS) is 22.1. The summed E-state index contributed by atoms with van der Waals surface area (Å²) in [5.74, 6) is 0.0926. The van der Waals surface area contributed by atoms with E-state index < -0.39 is 17.7 Å². The molecule has 2 amide bonds. The molecule has 96 valence electrons. The molecule has 7 nitrogen and oxygen atoms in total. The molecule has 7 heteroatoms. The standard InChI is InChI=1S/C11H12N2O5/c12-9(15)17-5-11(6-18-10(16)13-11)7-1-3-8(14)4-2-7/h1-4,14H,5-6H2,(H2,12,15)(H,13,16). The van der Waals surface area contributed by atoms with E-state index in [9.17, 15) is 14.7 Å². The van der Waals surface area contributed by atoms with Gasteiger partial charge in [-0.15, -0.1) is 0 Å². The minimum Gasteiger partial charge on any atom is -0.508 e. The number of amides is 2. The number of rotatable bonds is 3. The van der Waals surface area contributed by atoms with Gasteiger partial charge in [-0.1, -0.05) is 12.1 Å². The Hall–Kier alpha value is -2.44. The molecule has 0 saturated carbocycles. The predicted octanol–water partition coefficient (Wildman–Crippen LogP) is 0.423. The van der Waals surface area contributed by atoms with Crippen molar-refractivity contribution in [3.05, 3.63) is 29.8 Å². The number of phenols is 1. The van der Waals surface area contributed by atoms with Crippen LogP contribution in [0.5, 0.6) is 5.75 Å². The zero-order valence-corrected chi connectivity index (χ0v) is 9.38. The summed E-state index contributed by atoms with van der Waals surface area (Å²) in [5, 5.41) is 11.8. The summed E-state index contributed by atoms with van der Waals surface area (Å²) >= 11 is 0. The van der Waals surface area contributed by atoms with Crippen LogP contribution in [0, 0.1) is 0 Å². The SMILES string of the molecule is NC(=O)OCC1(c2ccc(O)cc2)COC(=O)N1. The molecular weight excluding hydrogens is 240 g/mol. The van der Waals surface area contributed by atoms with Gasteiger partial charge in [0.1, 0.15) is 24.5 Å². The van der Waals surface area contributed by atoms with Crippen molar-refractivity contribution in [3.63, 3.8) is 0 Å². The van der Waals surface area contributed by atoms with E-state index in [4.69, 9.17) is 15.2 Å². The molecular formula is C11H12N2O5. The molecule has 0 aliphatic carbocycles. The number of carbonyl (C=O) groups is 2. The van der Waals surface area contributed by atoms with Crippen LogP contribution < -0.4 is 11.1 Å². The van der Waals surface area contributed by atoms with Gasteiger partial charge in [0.15, 0.2) is 0 Å². The van der Waals surface area contributed by atoms with Crippen LogP contribution in [-0.4, -0.2) is 30.5 Å². The number of primary amides is 1. The van der Waals surface area contributed by atoms with E-state index in [0.29, 0.717) is 5.56 Å². The van der Waals surface area contributed by atoms with Crippen LogP contribution >= 0.6 is 0 Å². The van der Waals surface area contributed by atoms with Crippen LogP contribution in [-0.2, 0) is 15.0 Å². The van der Waals surface area contributed by atoms with Gasteiger partial charge in [-0.25, -0.2) is 9.59 Å². The first-order chi connectivity index (χ1) is 8.52. The van der Waals surface area contributed by atoms with Crippen LogP contribution in [0.4, 0.5) is 9.59 Å². The molecule has 18 heavy (non-hydrogen) atoms. The molecule has 1 aliphatic rings. The average Bonchev–Trinajstić information content (AvgIpc) is 2.71. The Morgan fingerprint density at radius 2 is 2.17 bits per heavy atom. The quantitative estimate of drug-likeness (QED) is 0.722. The van der Waals surface area contributed by atoms with E-state index in [-0.39, 0.29) is 19.0 Å². The van der Waals surface area contributed by atoms with Crippen LogP contribution in [0.3, 0.4) is 0 Å². The summed E-state index contributed by atoms with van der Waals surface area (Å²) in [5.41, 5.74) is 4.58. The zero-order chi connectivity index (χ0) is 13.2. The molecule has 0 aromatic heterocycles. The molecule has 1 aromatic carbocycles. The monoisotopic (exact) mass is 252 g/mol. The van der Waals surface area contributed by atoms with Crippen molar-refractivity contribution < 1.29 is 24.2 Å². The number of aromatic hydroxyl groups is 1. The molecule has 0 radical (unpaired) electrons. The molecule has 4 N–H and O–H groups in total. The number of benzene rings is 1. The highest BCUT2D eigenvalue weighted by Crippen LogP contribution is 2.28. The van der Waals surface area contributed by atoms with Gasteiger partial charge >= 0.3 is 12.2 Å². The lowest BCUT2D eigenvalue weighted by Gasteiger charge is -2.26. The first-order valence-electron chi connectivity index (χ1n) is 5.18. The van der Waals surface area contributed by atoms with Gasteiger partial charge in [0.25, 0.3) is 0 Å². The van der Waals surface area contributed by atoms with E-state index in [1.54, 1.807) is 12.1 Å². The molecule has 0 spiro atoms. The van der Waals surface area contributed by atoms with Crippen LogP contribution in [0.2, 0.25) is 0 Å². The molecule has 0 bridgehead atoms. The molecule has 1 unspecified atom stereocenters. The second-order valence-corrected chi connectivity index (χ2v) is 3.94. The van der Waals surface area contributed by atoms with E-state index in [2.05, 4.69) is 5.32 Å². The second kappa shape index (κ2) is 4.44. The Bertz CT molecular complexity index is 473. The largest absolute Gasteiger partial charge is 0.508 e. The minimum absolute atomic E-state index is 0.0177. The fourth-order valence-corrected chi connectivity index (χ4v) is 1.75. The highest BCUT2D eigenvalue weighted by atomic mass is 16.6. The minimum atomic E-state index is -0.972. The first-order valence-corrected chi connectivity index (χ1v) is 5.18. The fraction of sp³-hybridized carbons (Fsp3) is 0.273. The van der Waals surface area contributed by atoms with Crippen molar-refractivity contribution >= 4 is 12.2 Å². The maximum atomic E-state index is 11.2. The number of nitrogens with two attached hydrogens (primary N) is 1. The second-order valence-electron chi connectivity index (χ2n) is 3.94. The number of hydrogen-bond donors (Lipinski definition) is 3. The Balaban J connectivity index is 2.27. The van der Waals surface area contributed by atoms with Gasteiger partial charge in [0.05, 0.1) is 0 Å². The zero-order valence-electron chi connectivity index (χ0n) is 9.38. The molecule has 2 rings (SSSR count). The summed E-state index contributed by atoms with van der Waals surface area (Å²) in [7, 11) is 0. The van der Waals surface area contributed by atoms with E-state index in [1.807, 2.05) is 0 Å². The van der Waals surface area contributed by atoms with Gasteiger partial charge in [0.2, 0.25) is 0 Å². The Morgan fingerprint density at radius 1 is 1.50 bits per heavy atom. The van der Waals surface area contributed by atoms with Gasteiger partial charge in [-0.05, 0) is 17.7 Å². The molecule has 1 fully saturated rings. The van der Waals surface area contributed by atoms with Crippen molar-refractivity contribution in [2.24, 2.45) is 5.73 Å². The van der Waals surface area contributed by atoms with Crippen LogP contribution in [0.1, 0.15) is 5.56 Å². The summed E-state index contributed by atoms with van der Waals surface area (Å²) in [6.45, 7) is -0.122. The number of carbonyl (C=O) groups excluding carboxylic acids is 2. The number of ether oxygens (including phenoxy) is 2. The number of cyclic esters (lactones) is 1. The van der Waals surface area contributed by atoms with Gasteiger partial charge in [0, 0.05) is 0 Å². The van der Waals surface area contributed by atoms with Gasteiger partial charge < -0.3 is 25.6 Å². The number of nitrogens with one attached hydrogen (secondary N) is 1. The van der Waals surface area contributed by atoms with Crippen molar-refractivity contribution in [3.8, 4) is 5.75 Å². The lowest BCUT2D eigenvalue weighted by Crippen LogP contribution is -2.45. The van der Waals surface area contributed by atoms with E-state index >= 15 is 0 Å². The number of alkyl carbamates (subject to hydrolysis) is 1. The molecule has 1 heterocycles. The third kappa shape index (κ3) is 2.29. The predicted molar refractivity (Wildman–Crippen MR) is 59.8 cm³/mol. The van der Waals surface area contributed by atoms with Crippen LogP contribution in [0.25, 0.3) is 0 Å². The lowest BCUT2D eigenvalue weighted by molar-refractivity contribution is 0.108. The highest BCUT2D eigenvalue weighted by Gasteiger charge is 2.42. The molecule has 1 saturated heterocycles. The first kappa shape index (κ1) is 12.0. The Kier molecular flexibility index (Phi) is 2.97. The lowest BCUT2D eigenvalue weighted by atomic mass is 9.92. The number of hydrogen-bond acceptors (Lipinski definition) is 5.